The third-order valence-electron chi connectivity index (χ3n) is 7.33. The Morgan fingerprint density at radius 3 is 2.47 bits per heavy atom. The number of nitrogens with zero attached hydrogens (tertiary/aromatic N) is 3. The Bertz CT molecular complexity index is 684. The predicted molar refractivity (Wildman–Crippen MR) is 122 cm³/mol. The van der Waals surface area contributed by atoms with Crippen molar-refractivity contribution in [1.82, 2.24) is 9.80 Å². The fraction of sp³-hybridized carbons (Fsp3) is 0.720. The molecule has 0 radical (unpaired) electrons. The molecule has 3 fully saturated rings. The molecule has 0 N–H and O–H groups in total. The molecule has 3 aliphatic rings. The summed E-state index contributed by atoms with van der Waals surface area (Å²) in [6.07, 6.45) is 7.92. The van der Waals surface area contributed by atoms with Crippen molar-refractivity contribution in [2.24, 2.45) is 5.92 Å². The van der Waals surface area contributed by atoms with Crippen molar-refractivity contribution < 1.29 is 9.53 Å². The van der Waals surface area contributed by atoms with Crippen molar-refractivity contribution in [2.45, 2.75) is 70.9 Å². The van der Waals surface area contributed by atoms with E-state index < -0.39 is 0 Å². The zero-order valence-corrected chi connectivity index (χ0v) is 18.9. The van der Waals surface area contributed by atoms with E-state index in [-0.39, 0.29) is 5.91 Å². The summed E-state index contributed by atoms with van der Waals surface area (Å²) >= 11 is 0. The molecule has 3 saturated heterocycles. The molecule has 4 rings (SSSR count). The second-order valence-electron chi connectivity index (χ2n) is 9.66. The number of hydrogen-bond donors (Lipinski definition) is 0. The van der Waals surface area contributed by atoms with Gasteiger partial charge in [-0.25, -0.2) is 0 Å². The molecule has 3 heterocycles. The lowest BCUT2D eigenvalue weighted by molar-refractivity contribution is -0.117. The van der Waals surface area contributed by atoms with E-state index in [9.17, 15) is 4.79 Å². The number of carbonyl (C=O) groups excluding carboxylic acids is 1. The van der Waals surface area contributed by atoms with E-state index in [0.717, 1.165) is 55.9 Å². The van der Waals surface area contributed by atoms with Crippen molar-refractivity contribution in [3.05, 3.63) is 24.3 Å². The highest BCUT2D eigenvalue weighted by Gasteiger charge is 2.33. The van der Waals surface area contributed by atoms with Crippen molar-refractivity contribution in [2.75, 3.05) is 44.2 Å². The molecule has 5 heteroatoms. The van der Waals surface area contributed by atoms with Gasteiger partial charge in [-0.1, -0.05) is 6.92 Å². The number of likely N-dealkylation sites (tertiary alicyclic amines) is 2. The molecule has 5 nitrogen and oxygen atoms in total. The van der Waals surface area contributed by atoms with Crippen LogP contribution in [0.4, 0.5) is 5.69 Å². The maximum absolute atomic E-state index is 12.6. The van der Waals surface area contributed by atoms with Gasteiger partial charge >= 0.3 is 0 Å². The Balaban J connectivity index is 1.27. The summed E-state index contributed by atoms with van der Waals surface area (Å²) in [6.45, 7) is 11.1. The molecule has 0 aromatic heterocycles. The van der Waals surface area contributed by atoms with Crippen LogP contribution in [0.1, 0.15) is 58.8 Å². The molecular weight excluding hydrogens is 374 g/mol. The number of hydrogen-bond acceptors (Lipinski definition) is 4. The molecule has 1 aromatic carbocycles. The van der Waals surface area contributed by atoms with Crippen molar-refractivity contribution in [1.29, 1.82) is 0 Å². The second-order valence-corrected chi connectivity index (χ2v) is 9.66. The molecule has 0 bridgehead atoms. The summed E-state index contributed by atoms with van der Waals surface area (Å²) in [4.78, 5) is 19.8. The zero-order valence-electron chi connectivity index (χ0n) is 18.9. The number of carbonyl (C=O) groups is 1. The number of rotatable bonds is 8. The van der Waals surface area contributed by atoms with Gasteiger partial charge in [-0.05, 0) is 95.3 Å². The second kappa shape index (κ2) is 10.1. The minimum absolute atomic E-state index is 0.263. The first-order chi connectivity index (χ1) is 14.6. The van der Waals surface area contributed by atoms with Crippen LogP contribution in [0.5, 0.6) is 5.75 Å². The van der Waals surface area contributed by atoms with Crippen molar-refractivity contribution >= 4 is 11.6 Å². The van der Waals surface area contributed by atoms with E-state index in [2.05, 4.69) is 35.8 Å². The Kier molecular flexibility index (Phi) is 7.32. The highest BCUT2D eigenvalue weighted by atomic mass is 16.5. The van der Waals surface area contributed by atoms with Crippen LogP contribution in [0.3, 0.4) is 0 Å². The molecule has 0 saturated carbocycles. The summed E-state index contributed by atoms with van der Waals surface area (Å²) in [7, 11) is 0. The Labute approximate surface area is 182 Å². The van der Waals surface area contributed by atoms with E-state index in [4.69, 9.17) is 4.74 Å². The number of ether oxygens (including phenoxy) is 1. The van der Waals surface area contributed by atoms with Crippen LogP contribution in [-0.2, 0) is 4.79 Å². The minimum Gasteiger partial charge on any atom is -0.494 e. The van der Waals surface area contributed by atoms with Crippen LogP contribution in [0.25, 0.3) is 0 Å². The fourth-order valence-electron chi connectivity index (χ4n) is 5.30. The van der Waals surface area contributed by atoms with Gasteiger partial charge in [-0.3, -0.25) is 4.79 Å². The van der Waals surface area contributed by atoms with Crippen LogP contribution in [0.2, 0.25) is 0 Å². The van der Waals surface area contributed by atoms with Crippen LogP contribution in [0.15, 0.2) is 24.3 Å². The average molecular weight is 414 g/mol. The first-order valence-electron chi connectivity index (χ1n) is 12.1. The summed E-state index contributed by atoms with van der Waals surface area (Å²) in [5.74, 6) is 2.01. The molecule has 0 spiro atoms. The van der Waals surface area contributed by atoms with E-state index in [0.29, 0.717) is 12.5 Å². The lowest BCUT2D eigenvalue weighted by atomic mass is 9.98. The first kappa shape index (κ1) is 21.6. The van der Waals surface area contributed by atoms with E-state index in [1.54, 1.807) is 0 Å². The summed E-state index contributed by atoms with van der Waals surface area (Å²) in [5, 5.41) is 0. The first-order valence-corrected chi connectivity index (χ1v) is 12.1. The molecule has 0 aliphatic carbocycles. The average Bonchev–Trinajstić information content (AvgIpc) is 3.33. The van der Waals surface area contributed by atoms with Gasteiger partial charge < -0.3 is 19.4 Å². The topological polar surface area (TPSA) is 36.0 Å². The predicted octanol–water partition coefficient (Wildman–Crippen LogP) is 4.17. The van der Waals surface area contributed by atoms with Gasteiger partial charge in [0.25, 0.3) is 0 Å². The molecule has 1 amide bonds. The van der Waals surface area contributed by atoms with Gasteiger partial charge in [0, 0.05) is 31.2 Å². The van der Waals surface area contributed by atoms with Gasteiger partial charge in [0.2, 0.25) is 5.91 Å². The number of benzene rings is 1. The number of amides is 1. The standard InChI is InChI=1S/C25H39N3O2/c1-20-12-16-26(17-13-20)19-23-8-11-25(29)28(23)22-6-9-24(10-7-22)30-18-4-15-27-14-3-5-21(27)2/h6-7,9-10,20-21,23H,3-5,8,11-19H2,1-2H3/t21?,23-/m0/s1. The smallest absolute Gasteiger partial charge is 0.227 e. The van der Waals surface area contributed by atoms with Crippen LogP contribution >= 0.6 is 0 Å². The summed E-state index contributed by atoms with van der Waals surface area (Å²) < 4.78 is 5.97. The summed E-state index contributed by atoms with van der Waals surface area (Å²) in [6, 6.07) is 9.21. The minimum atomic E-state index is 0.263. The molecule has 166 valence electrons. The highest BCUT2D eigenvalue weighted by Crippen LogP contribution is 2.30. The zero-order chi connectivity index (χ0) is 20.9. The fourth-order valence-corrected chi connectivity index (χ4v) is 5.30. The molecule has 3 aliphatic heterocycles. The van der Waals surface area contributed by atoms with Gasteiger partial charge in [0.15, 0.2) is 0 Å². The van der Waals surface area contributed by atoms with E-state index in [1.165, 1.54) is 45.3 Å². The Morgan fingerprint density at radius 1 is 1.00 bits per heavy atom. The maximum atomic E-state index is 12.6. The van der Waals surface area contributed by atoms with Gasteiger partial charge in [-0.15, -0.1) is 0 Å². The Hall–Kier alpha value is -1.59. The van der Waals surface area contributed by atoms with Crippen molar-refractivity contribution in [3.8, 4) is 5.75 Å². The monoisotopic (exact) mass is 413 g/mol. The summed E-state index contributed by atoms with van der Waals surface area (Å²) in [5.41, 5.74) is 1.02. The van der Waals surface area contributed by atoms with E-state index >= 15 is 0 Å². The molecule has 1 aromatic rings. The van der Waals surface area contributed by atoms with Crippen LogP contribution in [0, 0.1) is 5.92 Å². The van der Waals surface area contributed by atoms with Gasteiger partial charge in [-0.2, -0.15) is 0 Å². The van der Waals surface area contributed by atoms with Crippen molar-refractivity contribution in [3.63, 3.8) is 0 Å². The normalized spacial score (nSPS) is 26.6. The van der Waals surface area contributed by atoms with Crippen LogP contribution < -0.4 is 9.64 Å². The molecule has 30 heavy (non-hydrogen) atoms. The third-order valence-corrected chi connectivity index (χ3v) is 7.33. The lowest BCUT2D eigenvalue weighted by Crippen LogP contribution is -2.44. The molecular formula is C25H39N3O2. The largest absolute Gasteiger partial charge is 0.494 e. The third kappa shape index (κ3) is 5.36. The molecule has 1 unspecified atom stereocenters. The highest BCUT2D eigenvalue weighted by molar-refractivity contribution is 5.96. The number of piperidine rings is 1. The van der Waals surface area contributed by atoms with Gasteiger partial charge in [0.05, 0.1) is 12.6 Å². The lowest BCUT2D eigenvalue weighted by Gasteiger charge is -2.35. The maximum Gasteiger partial charge on any atom is 0.227 e. The molecule has 2 atom stereocenters. The quantitative estimate of drug-likeness (QED) is 0.600. The SMILES string of the molecule is CC1CCN(C[C@@H]2CCC(=O)N2c2ccc(OCCCN3CCCC3C)cc2)CC1. The van der Waals surface area contributed by atoms with Gasteiger partial charge in [0.1, 0.15) is 5.75 Å². The number of anilines is 1. The Morgan fingerprint density at radius 2 is 1.77 bits per heavy atom. The van der Waals surface area contributed by atoms with E-state index in [1.807, 2.05) is 17.0 Å². The van der Waals surface area contributed by atoms with Crippen LogP contribution in [-0.4, -0.2) is 67.1 Å².